The van der Waals surface area contributed by atoms with Gasteiger partial charge in [-0.05, 0) is 37.6 Å². The average molecular weight is 333 g/mol. The van der Waals surface area contributed by atoms with E-state index < -0.39 is 10.0 Å². The van der Waals surface area contributed by atoms with Gasteiger partial charge in [-0.1, -0.05) is 17.7 Å². The van der Waals surface area contributed by atoms with Crippen molar-refractivity contribution in [2.75, 3.05) is 13.1 Å². The van der Waals surface area contributed by atoms with Crippen LogP contribution >= 0.6 is 0 Å². The molecule has 0 fully saturated rings. The lowest BCUT2D eigenvalue weighted by atomic mass is 10.2. The van der Waals surface area contributed by atoms with Crippen molar-refractivity contribution in [3.63, 3.8) is 0 Å². The first-order chi connectivity index (χ1) is 11.0. The SMILES string of the molecule is Cc1ccc(S(=O)(=O)NCCCNC(=O)c2ccncc2)cc1. The quantitative estimate of drug-likeness (QED) is 0.752. The maximum absolute atomic E-state index is 12.1. The molecule has 1 aromatic carbocycles. The lowest BCUT2D eigenvalue weighted by Gasteiger charge is -2.08. The highest BCUT2D eigenvalue weighted by atomic mass is 32.2. The number of hydrogen-bond donors (Lipinski definition) is 2. The van der Waals surface area contributed by atoms with Gasteiger partial charge in [0.05, 0.1) is 4.90 Å². The molecule has 2 rings (SSSR count). The number of pyridine rings is 1. The highest BCUT2D eigenvalue weighted by Crippen LogP contribution is 2.09. The number of aromatic nitrogens is 1. The molecule has 0 unspecified atom stereocenters. The zero-order valence-corrected chi connectivity index (χ0v) is 13.6. The number of carbonyl (C=O) groups excluding carboxylic acids is 1. The molecule has 0 saturated carbocycles. The molecule has 0 radical (unpaired) electrons. The Balaban J connectivity index is 1.75. The Bertz CT molecular complexity index is 744. The van der Waals surface area contributed by atoms with Crippen LogP contribution in [0.4, 0.5) is 0 Å². The highest BCUT2D eigenvalue weighted by molar-refractivity contribution is 7.89. The number of rotatable bonds is 7. The zero-order valence-electron chi connectivity index (χ0n) is 12.8. The third-order valence-corrected chi connectivity index (χ3v) is 4.68. The summed E-state index contributed by atoms with van der Waals surface area (Å²) in [6, 6.07) is 9.89. The van der Waals surface area contributed by atoms with Gasteiger partial charge in [-0.3, -0.25) is 9.78 Å². The Labute approximate surface area is 136 Å². The van der Waals surface area contributed by atoms with E-state index in [0.29, 0.717) is 18.5 Å². The minimum atomic E-state index is -3.50. The molecule has 2 aromatic rings. The van der Waals surface area contributed by atoms with Gasteiger partial charge in [-0.15, -0.1) is 0 Å². The van der Waals surface area contributed by atoms with Crippen LogP contribution in [0.2, 0.25) is 0 Å². The number of sulfonamides is 1. The van der Waals surface area contributed by atoms with E-state index in [9.17, 15) is 13.2 Å². The van der Waals surface area contributed by atoms with Gasteiger partial charge in [0.2, 0.25) is 10.0 Å². The van der Waals surface area contributed by atoms with Crippen LogP contribution in [0.25, 0.3) is 0 Å². The van der Waals surface area contributed by atoms with Gasteiger partial charge in [-0.25, -0.2) is 13.1 Å². The largest absolute Gasteiger partial charge is 0.352 e. The minimum absolute atomic E-state index is 0.200. The van der Waals surface area contributed by atoms with Crippen molar-refractivity contribution in [3.05, 3.63) is 59.9 Å². The molecule has 0 aliphatic rings. The van der Waals surface area contributed by atoms with E-state index in [1.165, 1.54) is 0 Å². The predicted octanol–water partition coefficient (Wildman–Crippen LogP) is 1.49. The smallest absolute Gasteiger partial charge is 0.251 e. The second-order valence-corrected chi connectivity index (χ2v) is 6.82. The second kappa shape index (κ2) is 7.85. The highest BCUT2D eigenvalue weighted by Gasteiger charge is 2.12. The standard InChI is InChI=1S/C16H19N3O3S/c1-13-3-5-15(6-4-13)23(21,22)19-10-2-9-18-16(20)14-7-11-17-12-8-14/h3-8,11-12,19H,2,9-10H2,1H3,(H,18,20). The third kappa shape index (κ3) is 5.15. The molecular weight excluding hydrogens is 314 g/mol. The number of aryl methyl sites for hydroxylation is 1. The Kier molecular flexibility index (Phi) is 5.84. The summed E-state index contributed by atoms with van der Waals surface area (Å²) >= 11 is 0. The molecule has 6 nitrogen and oxygen atoms in total. The monoisotopic (exact) mass is 333 g/mol. The molecule has 0 aliphatic heterocycles. The van der Waals surface area contributed by atoms with Crippen molar-refractivity contribution < 1.29 is 13.2 Å². The number of hydrogen-bond acceptors (Lipinski definition) is 4. The summed E-state index contributed by atoms with van der Waals surface area (Å²) in [6.07, 6.45) is 3.59. The van der Waals surface area contributed by atoms with Gasteiger partial charge in [0, 0.05) is 31.0 Å². The molecular formula is C16H19N3O3S. The Morgan fingerprint density at radius 2 is 1.70 bits per heavy atom. The van der Waals surface area contributed by atoms with Crippen LogP contribution in [0.1, 0.15) is 22.3 Å². The molecule has 1 heterocycles. The summed E-state index contributed by atoms with van der Waals surface area (Å²) in [5.74, 6) is -0.200. The lowest BCUT2D eigenvalue weighted by molar-refractivity contribution is 0.0953. The molecule has 1 aromatic heterocycles. The van der Waals surface area contributed by atoms with E-state index >= 15 is 0 Å². The molecule has 0 bridgehead atoms. The van der Waals surface area contributed by atoms with Crippen LogP contribution in [-0.2, 0) is 10.0 Å². The molecule has 0 saturated heterocycles. The molecule has 1 amide bonds. The van der Waals surface area contributed by atoms with Crippen molar-refractivity contribution in [2.45, 2.75) is 18.2 Å². The van der Waals surface area contributed by atoms with E-state index in [2.05, 4.69) is 15.0 Å². The molecule has 2 N–H and O–H groups in total. The molecule has 122 valence electrons. The Morgan fingerprint density at radius 3 is 2.35 bits per heavy atom. The van der Waals surface area contributed by atoms with Crippen molar-refractivity contribution in [2.24, 2.45) is 0 Å². The Morgan fingerprint density at radius 1 is 1.04 bits per heavy atom. The normalized spacial score (nSPS) is 11.2. The van der Waals surface area contributed by atoms with Gasteiger partial charge >= 0.3 is 0 Å². The summed E-state index contributed by atoms with van der Waals surface area (Å²) in [5, 5.41) is 2.73. The van der Waals surface area contributed by atoms with Crippen molar-refractivity contribution in [1.29, 1.82) is 0 Å². The van der Waals surface area contributed by atoms with Gasteiger partial charge in [-0.2, -0.15) is 0 Å². The summed E-state index contributed by atoms with van der Waals surface area (Å²) in [5.41, 5.74) is 1.53. The predicted molar refractivity (Wildman–Crippen MR) is 87.6 cm³/mol. The average Bonchev–Trinajstić information content (AvgIpc) is 2.55. The number of benzene rings is 1. The van der Waals surface area contributed by atoms with Crippen LogP contribution in [-0.4, -0.2) is 32.4 Å². The topological polar surface area (TPSA) is 88.2 Å². The molecule has 7 heteroatoms. The van der Waals surface area contributed by atoms with Crippen molar-refractivity contribution >= 4 is 15.9 Å². The fourth-order valence-electron chi connectivity index (χ4n) is 1.90. The Hall–Kier alpha value is -2.25. The summed E-state index contributed by atoms with van der Waals surface area (Å²) in [6.45, 7) is 2.54. The number of carbonyl (C=O) groups is 1. The fourth-order valence-corrected chi connectivity index (χ4v) is 2.98. The van der Waals surface area contributed by atoms with E-state index in [1.54, 1.807) is 48.8 Å². The van der Waals surface area contributed by atoms with Crippen molar-refractivity contribution in [3.8, 4) is 0 Å². The fraction of sp³-hybridized carbons (Fsp3) is 0.250. The van der Waals surface area contributed by atoms with Gasteiger partial charge in [0.25, 0.3) is 5.91 Å². The third-order valence-electron chi connectivity index (χ3n) is 3.20. The summed E-state index contributed by atoms with van der Waals surface area (Å²) in [4.78, 5) is 15.9. The first-order valence-electron chi connectivity index (χ1n) is 7.23. The van der Waals surface area contributed by atoms with Gasteiger partial charge in [0.15, 0.2) is 0 Å². The van der Waals surface area contributed by atoms with E-state index in [4.69, 9.17) is 0 Å². The van der Waals surface area contributed by atoms with Crippen LogP contribution in [0.3, 0.4) is 0 Å². The van der Waals surface area contributed by atoms with Gasteiger partial charge in [0.1, 0.15) is 0 Å². The maximum atomic E-state index is 12.1. The van der Waals surface area contributed by atoms with Gasteiger partial charge < -0.3 is 5.32 Å². The molecule has 0 atom stereocenters. The molecule has 23 heavy (non-hydrogen) atoms. The van der Waals surface area contributed by atoms with Crippen LogP contribution in [0.5, 0.6) is 0 Å². The number of nitrogens with zero attached hydrogens (tertiary/aromatic N) is 1. The number of amides is 1. The van der Waals surface area contributed by atoms with Crippen LogP contribution in [0, 0.1) is 6.92 Å². The van der Waals surface area contributed by atoms with Crippen LogP contribution < -0.4 is 10.0 Å². The molecule has 0 spiro atoms. The van der Waals surface area contributed by atoms with Crippen LogP contribution in [0.15, 0.2) is 53.7 Å². The first-order valence-corrected chi connectivity index (χ1v) is 8.72. The minimum Gasteiger partial charge on any atom is -0.352 e. The van der Waals surface area contributed by atoms with E-state index in [0.717, 1.165) is 5.56 Å². The lowest BCUT2D eigenvalue weighted by Crippen LogP contribution is -2.30. The van der Waals surface area contributed by atoms with E-state index in [-0.39, 0.29) is 17.3 Å². The second-order valence-electron chi connectivity index (χ2n) is 5.06. The zero-order chi connectivity index (χ0) is 16.7. The maximum Gasteiger partial charge on any atom is 0.251 e. The summed E-state index contributed by atoms with van der Waals surface area (Å²) < 4.78 is 26.6. The van der Waals surface area contributed by atoms with E-state index in [1.807, 2.05) is 6.92 Å². The first kappa shape index (κ1) is 17.1. The molecule has 0 aliphatic carbocycles. The number of nitrogens with one attached hydrogen (secondary N) is 2. The van der Waals surface area contributed by atoms with Crippen molar-refractivity contribution in [1.82, 2.24) is 15.0 Å². The summed E-state index contributed by atoms with van der Waals surface area (Å²) in [7, 11) is -3.50.